The second-order valence-electron chi connectivity index (χ2n) is 8.82. The van der Waals surface area contributed by atoms with Crippen molar-refractivity contribution >= 4 is 17.5 Å². The summed E-state index contributed by atoms with van der Waals surface area (Å²) in [6, 6.07) is 11.7. The summed E-state index contributed by atoms with van der Waals surface area (Å²) in [4.78, 5) is 40.5. The number of alkyl halides is 3. The number of nitrogens with one attached hydrogen (secondary N) is 1. The number of carbonyl (C=O) groups excluding carboxylic acids is 2. The van der Waals surface area contributed by atoms with Crippen molar-refractivity contribution in [1.29, 1.82) is 0 Å². The Morgan fingerprint density at radius 2 is 1.77 bits per heavy atom. The first-order valence-electron chi connectivity index (χ1n) is 12.0. The standard InChI is InChI=1S/C27H25F4N3O5/c1-3-33-12-4-5-23(26(33)37)34-15-21(19-11-10-18(38-2)13-22(19)28)20(25(34)36)14-32-24(35)16-6-8-17(9-7-16)39-27(29,30)31/h4-13,20-21H,3,14-15H2,1-2H3,(H,32,35)/t20?,21-/m0/s1. The third kappa shape index (κ3) is 6.05. The number of amides is 2. The Kier molecular flexibility index (Phi) is 7.93. The summed E-state index contributed by atoms with van der Waals surface area (Å²) in [5, 5.41) is 2.61. The van der Waals surface area contributed by atoms with Crippen LogP contribution in [0.5, 0.6) is 11.5 Å². The normalized spacial score (nSPS) is 17.3. The van der Waals surface area contributed by atoms with E-state index in [0.29, 0.717) is 6.54 Å². The molecule has 0 bridgehead atoms. The van der Waals surface area contributed by atoms with Crippen molar-refractivity contribution in [3.05, 3.63) is 88.1 Å². The number of rotatable bonds is 8. The molecule has 1 aromatic heterocycles. The van der Waals surface area contributed by atoms with E-state index in [-0.39, 0.29) is 41.2 Å². The molecule has 0 spiro atoms. The maximum absolute atomic E-state index is 15.1. The number of benzene rings is 2. The van der Waals surface area contributed by atoms with Crippen molar-refractivity contribution in [3.8, 4) is 11.5 Å². The number of carbonyl (C=O) groups is 2. The van der Waals surface area contributed by atoms with Crippen LogP contribution in [0.2, 0.25) is 0 Å². The lowest BCUT2D eigenvalue weighted by Crippen LogP contribution is -2.37. The van der Waals surface area contributed by atoms with Crippen LogP contribution < -0.4 is 25.2 Å². The molecule has 1 aliphatic rings. The Hall–Kier alpha value is -4.35. The molecule has 0 saturated carbocycles. The first-order valence-corrected chi connectivity index (χ1v) is 12.0. The van der Waals surface area contributed by atoms with Gasteiger partial charge < -0.3 is 24.3 Å². The van der Waals surface area contributed by atoms with Gasteiger partial charge in [-0.3, -0.25) is 14.4 Å². The Bertz CT molecular complexity index is 1420. The number of aromatic nitrogens is 1. The Morgan fingerprint density at radius 1 is 1.08 bits per heavy atom. The highest BCUT2D eigenvalue weighted by molar-refractivity contribution is 5.99. The lowest BCUT2D eigenvalue weighted by molar-refractivity contribution is -0.274. The van der Waals surface area contributed by atoms with Gasteiger partial charge in [-0.25, -0.2) is 4.39 Å². The largest absolute Gasteiger partial charge is 0.573 e. The Labute approximate surface area is 220 Å². The van der Waals surface area contributed by atoms with Crippen LogP contribution in [0.1, 0.15) is 28.8 Å². The van der Waals surface area contributed by atoms with Crippen LogP contribution in [0.15, 0.2) is 65.6 Å². The van der Waals surface area contributed by atoms with Crippen LogP contribution in [0.4, 0.5) is 23.2 Å². The smallest absolute Gasteiger partial charge is 0.497 e. The molecule has 0 radical (unpaired) electrons. The van der Waals surface area contributed by atoms with E-state index >= 15 is 4.39 Å². The highest BCUT2D eigenvalue weighted by atomic mass is 19.4. The molecule has 2 atom stereocenters. The fourth-order valence-electron chi connectivity index (χ4n) is 4.57. The van der Waals surface area contributed by atoms with E-state index in [1.807, 2.05) is 0 Å². The summed E-state index contributed by atoms with van der Waals surface area (Å²) in [6.07, 6.45) is -3.28. The molecule has 1 saturated heterocycles. The molecule has 0 aliphatic carbocycles. The van der Waals surface area contributed by atoms with Crippen LogP contribution >= 0.6 is 0 Å². The van der Waals surface area contributed by atoms with Crippen LogP contribution in [-0.4, -0.2) is 42.9 Å². The minimum absolute atomic E-state index is 0.00490. The van der Waals surface area contributed by atoms with Gasteiger partial charge in [0.2, 0.25) is 5.91 Å². The summed E-state index contributed by atoms with van der Waals surface area (Å²) >= 11 is 0. The Balaban J connectivity index is 1.60. The van der Waals surface area contributed by atoms with Gasteiger partial charge >= 0.3 is 6.36 Å². The van der Waals surface area contributed by atoms with Crippen LogP contribution in [0.25, 0.3) is 0 Å². The van der Waals surface area contributed by atoms with Gasteiger partial charge in [0.05, 0.1) is 13.0 Å². The van der Waals surface area contributed by atoms with Gasteiger partial charge in [-0.05, 0) is 55.0 Å². The molecule has 1 fully saturated rings. The zero-order valence-corrected chi connectivity index (χ0v) is 21.0. The van der Waals surface area contributed by atoms with Crippen molar-refractivity contribution in [2.24, 2.45) is 5.92 Å². The molecule has 8 nitrogen and oxygen atoms in total. The topological polar surface area (TPSA) is 89.9 Å². The lowest BCUT2D eigenvalue weighted by Gasteiger charge is -2.19. The summed E-state index contributed by atoms with van der Waals surface area (Å²) in [7, 11) is 1.39. The minimum Gasteiger partial charge on any atom is -0.497 e. The number of anilines is 1. The van der Waals surface area contributed by atoms with E-state index < -0.39 is 41.6 Å². The molecule has 2 amide bonds. The first kappa shape index (κ1) is 27.7. The van der Waals surface area contributed by atoms with Gasteiger partial charge in [-0.2, -0.15) is 0 Å². The molecule has 206 valence electrons. The molecule has 4 rings (SSSR count). The molecule has 3 aromatic rings. The summed E-state index contributed by atoms with van der Waals surface area (Å²) < 4.78 is 62.6. The summed E-state index contributed by atoms with van der Waals surface area (Å²) in [6.45, 7) is 1.96. The van der Waals surface area contributed by atoms with Gasteiger partial charge in [-0.15, -0.1) is 13.2 Å². The van der Waals surface area contributed by atoms with Gasteiger partial charge in [0.1, 0.15) is 23.0 Å². The van der Waals surface area contributed by atoms with Crippen LogP contribution in [0, 0.1) is 11.7 Å². The maximum Gasteiger partial charge on any atom is 0.573 e. The number of methoxy groups -OCH3 is 1. The fraction of sp³-hybridized carbons (Fsp3) is 0.296. The third-order valence-corrected chi connectivity index (χ3v) is 6.52. The number of aryl methyl sites for hydroxylation is 1. The molecule has 1 unspecified atom stereocenters. The highest BCUT2D eigenvalue weighted by Gasteiger charge is 2.43. The molecular formula is C27H25F4N3O5. The quantitative estimate of drug-likeness (QED) is 0.429. The molecular weight excluding hydrogens is 522 g/mol. The average molecular weight is 548 g/mol. The predicted molar refractivity (Wildman–Crippen MR) is 133 cm³/mol. The first-order chi connectivity index (χ1) is 18.5. The monoisotopic (exact) mass is 547 g/mol. The van der Waals surface area contributed by atoms with E-state index in [9.17, 15) is 27.6 Å². The van der Waals surface area contributed by atoms with Gasteiger partial charge in [-0.1, -0.05) is 6.07 Å². The van der Waals surface area contributed by atoms with Crippen LogP contribution in [0.3, 0.4) is 0 Å². The molecule has 1 N–H and O–H groups in total. The lowest BCUT2D eigenvalue weighted by atomic mass is 9.88. The van der Waals surface area contributed by atoms with Gasteiger partial charge in [0.15, 0.2) is 0 Å². The summed E-state index contributed by atoms with van der Waals surface area (Å²) in [5.41, 5.74) is 0.00435. The maximum atomic E-state index is 15.1. The number of ether oxygens (including phenoxy) is 2. The van der Waals surface area contributed by atoms with Crippen LogP contribution in [-0.2, 0) is 11.3 Å². The summed E-state index contributed by atoms with van der Waals surface area (Å²) in [5.74, 6) is -3.59. The SMILES string of the molecule is CCn1cccc(N2C[C@@H](c3ccc(OC)cc3F)C(CNC(=O)c3ccc(OC(F)(F)F)cc3)C2=O)c1=O. The highest BCUT2D eigenvalue weighted by Crippen LogP contribution is 2.37. The number of pyridine rings is 1. The van der Waals surface area contributed by atoms with Gasteiger partial charge in [0.25, 0.3) is 11.5 Å². The zero-order valence-electron chi connectivity index (χ0n) is 21.0. The van der Waals surface area contributed by atoms with Crippen molar-refractivity contribution in [3.63, 3.8) is 0 Å². The fourth-order valence-corrected chi connectivity index (χ4v) is 4.57. The van der Waals surface area contributed by atoms with Gasteiger partial charge in [0, 0.05) is 43.4 Å². The van der Waals surface area contributed by atoms with E-state index in [4.69, 9.17) is 4.74 Å². The van der Waals surface area contributed by atoms with Crippen molar-refractivity contribution in [2.75, 3.05) is 25.1 Å². The van der Waals surface area contributed by atoms with E-state index in [2.05, 4.69) is 10.1 Å². The molecule has 2 heterocycles. The third-order valence-electron chi connectivity index (χ3n) is 6.52. The second kappa shape index (κ2) is 11.2. The van der Waals surface area contributed by atoms with E-state index in [1.54, 1.807) is 25.3 Å². The zero-order chi connectivity index (χ0) is 28.3. The second-order valence-corrected chi connectivity index (χ2v) is 8.82. The number of hydrogen-bond donors (Lipinski definition) is 1. The predicted octanol–water partition coefficient (Wildman–Crippen LogP) is 4.09. The van der Waals surface area contributed by atoms with Crippen molar-refractivity contribution < 1.29 is 36.6 Å². The van der Waals surface area contributed by atoms with Crippen molar-refractivity contribution in [1.82, 2.24) is 9.88 Å². The molecule has 12 heteroatoms. The Morgan fingerprint density at radius 3 is 2.38 bits per heavy atom. The number of nitrogens with zero attached hydrogens (tertiary/aromatic N) is 2. The van der Waals surface area contributed by atoms with E-state index in [0.717, 1.165) is 24.3 Å². The number of hydrogen-bond acceptors (Lipinski definition) is 5. The molecule has 1 aliphatic heterocycles. The molecule has 2 aromatic carbocycles. The van der Waals surface area contributed by atoms with Crippen molar-refractivity contribution in [2.45, 2.75) is 25.7 Å². The van der Waals surface area contributed by atoms with E-state index in [1.165, 1.54) is 34.8 Å². The minimum atomic E-state index is -4.87. The average Bonchev–Trinajstić information content (AvgIpc) is 3.22. The molecule has 39 heavy (non-hydrogen) atoms. The number of halogens is 4.